The molecule has 6 nitrogen and oxygen atoms in total. The van der Waals surface area contributed by atoms with Crippen LogP contribution in [-0.2, 0) is 14.8 Å². The molecule has 1 heterocycles. The van der Waals surface area contributed by atoms with Crippen LogP contribution in [0.1, 0.15) is 13.3 Å². The van der Waals surface area contributed by atoms with E-state index in [9.17, 15) is 13.2 Å². The van der Waals surface area contributed by atoms with Crippen LogP contribution in [0.15, 0.2) is 52.3 Å². The quantitative estimate of drug-likeness (QED) is 0.853. The number of carbonyl (C=O) groups excluding carboxylic acids is 1. The van der Waals surface area contributed by atoms with Gasteiger partial charge in [-0.25, -0.2) is 8.42 Å². The lowest BCUT2D eigenvalue weighted by Crippen LogP contribution is -2.15. The van der Waals surface area contributed by atoms with Crippen LogP contribution in [0.25, 0.3) is 0 Å². The fourth-order valence-electron chi connectivity index (χ4n) is 2.50. The molecular formula is C17H18N2O4S2. The number of anilines is 2. The minimum absolute atomic E-state index is 0.0875. The number of carbonyl (C=O) groups is 1. The zero-order chi connectivity index (χ0) is 18.0. The average molecular weight is 378 g/mol. The molecule has 0 aliphatic carbocycles. The Balaban J connectivity index is 1.91. The minimum Gasteiger partial charge on any atom is -0.497 e. The summed E-state index contributed by atoms with van der Waals surface area (Å²) in [5.74, 6) is 0.439. The molecule has 1 amide bonds. The number of nitrogens with one attached hydrogen (secondary N) is 2. The van der Waals surface area contributed by atoms with Gasteiger partial charge in [-0.3, -0.25) is 9.52 Å². The second-order valence-electron chi connectivity index (χ2n) is 5.68. The molecule has 1 atom stereocenters. The number of hydrogen-bond acceptors (Lipinski definition) is 5. The number of benzene rings is 2. The molecular weight excluding hydrogens is 360 g/mol. The summed E-state index contributed by atoms with van der Waals surface area (Å²) in [6, 6.07) is 11.4. The summed E-state index contributed by atoms with van der Waals surface area (Å²) < 4.78 is 32.9. The van der Waals surface area contributed by atoms with E-state index in [1.807, 2.05) is 6.92 Å². The van der Waals surface area contributed by atoms with Gasteiger partial charge in [-0.05, 0) is 30.3 Å². The predicted octanol–water partition coefficient (Wildman–Crippen LogP) is 3.32. The van der Waals surface area contributed by atoms with Gasteiger partial charge in [0.2, 0.25) is 5.91 Å². The van der Waals surface area contributed by atoms with E-state index in [1.165, 1.54) is 13.2 Å². The molecule has 0 bridgehead atoms. The molecule has 0 saturated heterocycles. The van der Waals surface area contributed by atoms with Crippen LogP contribution in [0, 0.1) is 0 Å². The molecule has 0 unspecified atom stereocenters. The van der Waals surface area contributed by atoms with Crippen molar-refractivity contribution in [3.63, 3.8) is 0 Å². The highest BCUT2D eigenvalue weighted by molar-refractivity contribution is 8.00. The van der Waals surface area contributed by atoms with Crippen LogP contribution in [0.3, 0.4) is 0 Å². The zero-order valence-electron chi connectivity index (χ0n) is 13.8. The van der Waals surface area contributed by atoms with Crippen molar-refractivity contribution in [1.82, 2.24) is 0 Å². The van der Waals surface area contributed by atoms with E-state index in [0.717, 1.165) is 4.90 Å². The Hall–Kier alpha value is -2.19. The molecule has 0 radical (unpaired) electrons. The van der Waals surface area contributed by atoms with Crippen molar-refractivity contribution >= 4 is 39.1 Å². The molecule has 25 heavy (non-hydrogen) atoms. The van der Waals surface area contributed by atoms with Gasteiger partial charge in [0.25, 0.3) is 10.0 Å². The number of methoxy groups -OCH3 is 1. The van der Waals surface area contributed by atoms with Crippen molar-refractivity contribution in [3.8, 4) is 5.75 Å². The zero-order valence-corrected chi connectivity index (χ0v) is 15.4. The lowest BCUT2D eigenvalue weighted by molar-refractivity contribution is -0.116. The van der Waals surface area contributed by atoms with Gasteiger partial charge in [0.1, 0.15) is 5.75 Å². The van der Waals surface area contributed by atoms with Gasteiger partial charge in [0.15, 0.2) is 0 Å². The van der Waals surface area contributed by atoms with Crippen molar-refractivity contribution in [3.05, 3.63) is 42.5 Å². The Labute approximate surface area is 151 Å². The van der Waals surface area contributed by atoms with Crippen LogP contribution in [0.2, 0.25) is 0 Å². The Morgan fingerprint density at radius 3 is 2.80 bits per heavy atom. The van der Waals surface area contributed by atoms with E-state index in [1.54, 1.807) is 48.2 Å². The van der Waals surface area contributed by atoms with E-state index in [-0.39, 0.29) is 16.1 Å². The minimum atomic E-state index is -3.78. The van der Waals surface area contributed by atoms with Crippen LogP contribution in [-0.4, -0.2) is 26.7 Å². The number of amides is 1. The first-order valence-electron chi connectivity index (χ1n) is 7.65. The summed E-state index contributed by atoms with van der Waals surface area (Å²) in [5, 5.41) is 2.91. The third-order valence-electron chi connectivity index (χ3n) is 3.66. The lowest BCUT2D eigenvalue weighted by Gasteiger charge is -2.12. The molecule has 0 fully saturated rings. The van der Waals surface area contributed by atoms with Gasteiger partial charge in [-0.1, -0.05) is 13.0 Å². The number of sulfonamides is 1. The van der Waals surface area contributed by atoms with E-state index in [0.29, 0.717) is 23.5 Å². The maximum Gasteiger partial charge on any atom is 0.261 e. The van der Waals surface area contributed by atoms with Gasteiger partial charge in [0.05, 0.1) is 23.4 Å². The highest BCUT2D eigenvalue weighted by Gasteiger charge is 2.22. The largest absolute Gasteiger partial charge is 0.497 e. The van der Waals surface area contributed by atoms with Gasteiger partial charge < -0.3 is 10.1 Å². The molecule has 0 spiro atoms. The first-order chi connectivity index (χ1) is 11.9. The second-order valence-corrected chi connectivity index (χ2v) is 8.84. The number of hydrogen-bond donors (Lipinski definition) is 2. The van der Waals surface area contributed by atoms with Crippen LogP contribution in [0.5, 0.6) is 5.75 Å². The number of rotatable bonds is 4. The van der Waals surface area contributed by atoms with Crippen LogP contribution < -0.4 is 14.8 Å². The summed E-state index contributed by atoms with van der Waals surface area (Å²) in [6.07, 6.45) is 0.392. The van der Waals surface area contributed by atoms with E-state index >= 15 is 0 Å². The van der Waals surface area contributed by atoms with Gasteiger partial charge in [-0.2, -0.15) is 0 Å². The number of thioether (sulfide) groups is 1. The van der Waals surface area contributed by atoms with Crippen molar-refractivity contribution in [2.75, 3.05) is 17.1 Å². The Bertz CT molecular complexity index is 913. The third-order valence-corrected chi connectivity index (χ3v) is 6.22. The monoisotopic (exact) mass is 378 g/mol. The Morgan fingerprint density at radius 1 is 1.24 bits per heavy atom. The Morgan fingerprint density at radius 2 is 2.04 bits per heavy atom. The number of ether oxygens (including phenoxy) is 1. The summed E-state index contributed by atoms with van der Waals surface area (Å²) >= 11 is 1.55. The van der Waals surface area contributed by atoms with Crippen molar-refractivity contribution < 1.29 is 17.9 Å². The highest BCUT2D eigenvalue weighted by atomic mass is 32.2. The smallest absolute Gasteiger partial charge is 0.261 e. The van der Waals surface area contributed by atoms with E-state index in [4.69, 9.17) is 4.74 Å². The van der Waals surface area contributed by atoms with Crippen molar-refractivity contribution in [2.45, 2.75) is 28.4 Å². The Kier molecular flexibility index (Phi) is 4.91. The summed E-state index contributed by atoms with van der Waals surface area (Å²) in [4.78, 5) is 12.8. The van der Waals surface area contributed by atoms with Crippen molar-refractivity contribution in [1.29, 1.82) is 0 Å². The topological polar surface area (TPSA) is 84.5 Å². The fraction of sp³-hybridized carbons (Fsp3) is 0.235. The van der Waals surface area contributed by atoms with Gasteiger partial charge in [-0.15, -0.1) is 11.8 Å². The predicted molar refractivity (Wildman–Crippen MR) is 98.8 cm³/mol. The maximum absolute atomic E-state index is 12.6. The van der Waals surface area contributed by atoms with E-state index < -0.39 is 10.0 Å². The number of fused-ring (bicyclic) bond motifs is 1. The van der Waals surface area contributed by atoms with Crippen LogP contribution in [0.4, 0.5) is 11.4 Å². The summed E-state index contributed by atoms with van der Waals surface area (Å²) in [5.41, 5.74) is 0.925. The van der Waals surface area contributed by atoms with E-state index in [2.05, 4.69) is 10.0 Å². The SMILES string of the molecule is COc1cccc(NS(=O)(=O)c2ccc3c(c2)NC(=O)C[C@@H](C)S3)c1. The molecule has 2 aromatic carbocycles. The molecule has 0 aromatic heterocycles. The lowest BCUT2D eigenvalue weighted by atomic mass is 10.3. The third kappa shape index (κ3) is 4.08. The molecule has 1 aliphatic rings. The molecule has 2 N–H and O–H groups in total. The highest BCUT2D eigenvalue weighted by Crippen LogP contribution is 2.36. The normalized spacial score (nSPS) is 17.2. The first kappa shape index (κ1) is 17.6. The molecule has 132 valence electrons. The fourth-order valence-corrected chi connectivity index (χ4v) is 4.63. The molecule has 2 aromatic rings. The summed E-state index contributed by atoms with van der Waals surface area (Å²) in [7, 11) is -2.27. The molecule has 0 saturated carbocycles. The standard InChI is InChI=1S/C17H18N2O4S2/c1-11-8-17(20)18-15-10-14(6-7-16(15)24-11)25(21,22)19-12-4-3-5-13(9-12)23-2/h3-7,9-11,19H,8H2,1-2H3,(H,18,20)/t11-/m1/s1. The average Bonchev–Trinajstić information content (AvgIpc) is 2.70. The van der Waals surface area contributed by atoms with Crippen molar-refractivity contribution in [2.24, 2.45) is 0 Å². The first-order valence-corrected chi connectivity index (χ1v) is 10.0. The second kappa shape index (κ2) is 6.97. The van der Waals surface area contributed by atoms with Crippen LogP contribution >= 0.6 is 11.8 Å². The van der Waals surface area contributed by atoms with Gasteiger partial charge >= 0.3 is 0 Å². The molecule has 3 rings (SSSR count). The van der Waals surface area contributed by atoms with Gasteiger partial charge in [0, 0.05) is 22.6 Å². The molecule has 1 aliphatic heterocycles. The molecule has 8 heteroatoms. The summed E-state index contributed by atoms with van der Waals surface area (Å²) in [6.45, 7) is 1.97. The maximum atomic E-state index is 12.6.